The van der Waals surface area contributed by atoms with Gasteiger partial charge in [0.1, 0.15) is 5.58 Å². The maximum atomic E-state index is 5.60. The van der Waals surface area contributed by atoms with Gasteiger partial charge in [0, 0.05) is 47.0 Å². The van der Waals surface area contributed by atoms with Crippen LogP contribution < -0.4 is 26.5 Å². The van der Waals surface area contributed by atoms with Crippen molar-refractivity contribution in [2.24, 2.45) is 30.0 Å². The zero-order valence-corrected chi connectivity index (χ0v) is 44.2. The van der Waals surface area contributed by atoms with E-state index in [2.05, 4.69) is 159 Å². The molecule has 0 atom stereocenters. The second-order valence-electron chi connectivity index (χ2n) is 19.9. The third kappa shape index (κ3) is 19.3. The fourth-order valence-electron chi connectivity index (χ4n) is 10.3. The summed E-state index contributed by atoms with van der Waals surface area (Å²) in [6.45, 7) is 2.49. The molecule has 9 heteroatoms. The smallest absolute Gasteiger partial charge is 0.129 e. The summed E-state index contributed by atoms with van der Waals surface area (Å²) in [4.78, 5) is 28.4. The van der Waals surface area contributed by atoms with Gasteiger partial charge in [-0.1, -0.05) is 205 Å². The summed E-state index contributed by atoms with van der Waals surface area (Å²) in [6.07, 6.45) is 32.5. The monoisotopic (exact) mass is 976 g/mol. The molecule has 0 radical (unpaired) electrons. The van der Waals surface area contributed by atoms with E-state index in [0.29, 0.717) is 24.2 Å². The molecule has 4 aromatic carbocycles. The second kappa shape index (κ2) is 32.6. The fraction of sp³-hybridized carbons (Fsp3) is 0.541. The second-order valence-corrected chi connectivity index (χ2v) is 24.2. The molecule has 0 aromatic heterocycles. The minimum atomic E-state index is -0.722. The van der Waals surface area contributed by atoms with Crippen molar-refractivity contribution in [1.82, 2.24) is 5.32 Å². The molecular formula is C61H83N7P2. The van der Waals surface area contributed by atoms with Gasteiger partial charge in [-0.25, -0.2) is 20.0 Å². The van der Waals surface area contributed by atoms with E-state index in [4.69, 9.17) is 9.98 Å². The Bertz CT molecular complexity index is 2080. The quantitative estimate of drug-likeness (QED) is 0.0383. The van der Waals surface area contributed by atoms with Gasteiger partial charge in [-0.2, -0.15) is 0 Å². The highest BCUT2D eigenvalue weighted by molar-refractivity contribution is 7.88. The minimum absolute atomic E-state index is 0.484. The van der Waals surface area contributed by atoms with E-state index < -0.39 is 15.8 Å². The molecule has 0 unspecified atom stereocenters. The molecule has 0 bridgehead atoms. The third-order valence-corrected chi connectivity index (χ3v) is 19.1. The van der Waals surface area contributed by atoms with Crippen LogP contribution in [0, 0.1) is 0 Å². The summed E-state index contributed by atoms with van der Waals surface area (Å²) < 4.78 is 0. The van der Waals surface area contributed by atoms with Crippen LogP contribution in [-0.4, -0.2) is 66.8 Å². The molecule has 1 N–H and O–H groups in total. The third-order valence-electron chi connectivity index (χ3n) is 14.3. The van der Waals surface area contributed by atoms with Gasteiger partial charge in [0.2, 0.25) is 0 Å². The van der Waals surface area contributed by atoms with E-state index in [1.54, 1.807) is 0 Å². The first-order valence-corrected chi connectivity index (χ1v) is 30.4. The van der Waals surface area contributed by atoms with Crippen LogP contribution in [0.4, 0.5) is 0 Å². The van der Waals surface area contributed by atoms with Gasteiger partial charge in [0.05, 0.1) is 30.1 Å². The Morgan fingerprint density at radius 1 is 0.414 bits per heavy atom. The maximum absolute atomic E-state index is 5.60. The number of amidine groups is 1. The number of nitrogens with one attached hydrogen (secondary N) is 1. The molecule has 7 nitrogen and oxygen atoms in total. The zero-order valence-electron chi connectivity index (χ0n) is 42.4. The summed E-state index contributed by atoms with van der Waals surface area (Å²) in [5, 5.41) is 9.62. The van der Waals surface area contributed by atoms with Crippen LogP contribution in [-0.2, 0) is 0 Å². The van der Waals surface area contributed by atoms with Crippen LogP contribution >= 0.6 is 15.8 Å². The van der Waals surface area contributed by atoms with Crippen molar-refractivity contribution in [1.29, 1.82) is 0 Å². The molecular weight excluding hydrogens is 893 g/mol. The highest BCUT2D eigenvalue weighted by Crippen LogP contribution is 2.40. The van der Waals surface area contributed by atoms with E-state index in [0.717, 1.165) is 51.7 Å². The van der Waals surface area contributed by atoms with Crippen molar-refractivity contribution >= 4 is 60.1 Å². The number of unbranched alkanes of at least 4 members (excludes halogenated alkanes) is 3. The first-order valence-electron chi connectivity index (χ1n) is 27.7. The Morgan fingerprint density at radius 2 is 0.800 bits per heavy atom. The molecule has 70 heavy (non-hydrogen) atoms. The highest BCUT2D eigenvalue weighted by Gasteiger charge is 2.25. The van der Waals surface area contributed by atoms with E-state index >= 15 is 0 Å². The van der Waals surface area contributed by atoms with Gasteiger partial charge in [-0.05, 0) is 105 Å². The van der Waals surface area contributed by atoms with Crippen molar-refractivity contribution in [2.75, 3.05) is 19.6 Å². The van der Waals surface area contributed by atoms with E-state index in [-0.39, 0.29) is 0 Å². The lowest BCUT2D eigenvalue weighted by Gasteiger charge is -2.29. The number of rotatable bonds is 21. The largest absolute Gasteiger partial charge is 0.367 e. The standard InChI is InChI=1S/C43H53N3P2.C18H30N4/c1-8-22-36(23-9-1)45-42(47(38-26-12-3-13-27-38)39-28-14-4-15-29-39)34-20-7-21-35-44-43(46-37-24-10-2-11-25-37)48(40-30-16-5-17-31-40)41-32-18-6-19-33-41;1-3-9-17(10-4-1)21-15-19-13-7-8-14-20-16-22-18-11-5-2-6-12-18/h3-6,12-19,26-33,36-37H,1-2,7-11,20-25,34-35H2,(H,44,46);17-18H,1-14H2. The predicted octanol–water partition coefficient (Wildman–Crippen LogP) is 14.6. The van der Waals surface area contributed by atoms with Gasteiger partial charge in [-0.15, -0.1) is 0 Å². The number of aliphatic imine (C=N–C) groups is 6. The topological polar surface area (TPSA) is 86.2 Å². The summed E-state index contributed by atoms with van der Waals surface area (Å²) in [6, 6.07) is 52.2. The van der Waals surface area contributed by atoms with E-state index in [1.165, 1.54) is 167 Å². The number of benzene rings is 4. The van der Waals surface area contributed by atoms with Crippen LogP contribution in [0.3, 0.4) is 0 Å². The minimum Gasteiger partial charge on any atom is -0.367 e. The molecule has 0 heterocycles. The SMILES string of the molecule is C(=NCCCCN=C=NC1CCCCC1)=NC1CCCCC1.c1ccc(P(C(CCCCCN=C(NC2CCCCC2)P(c2ccccc2)c2ccccc2)=NC2CCCCC2)c2ccccc2)cc1. The molecule has 0 amide bonds. The van der Waals surface area contributed by atoms with E-state index in [1.807, 2.05) is 0 Å². The normalized spacial score (nSPS) is 17.7. The van der Waals surface area contributed by atoms with Gasteiger partial charge in [0.15, 0.2) is 0 Å². The number of hydrogen-bond acceptors (Lipinski definition) is 6. The molecule has 4 aromatic rings. The Hall–Kier alpha value is -4.36. The number of hydrogen-bond donors (Lipinski definition) is 1. The zero-order chi connectivity index (χ0) is 47.9. The number of nitrogens with zero attached hydrogens (tertiary/aromatic N) is 6. The summed E-state index contributed by atoms with van der Waals surface area (Å²) in [7, 11) is -1.35. The van der Waals surface area contributed by atoms with Crippen molar-refractivity contribution in [3.05, 3.63) is 121 Å². The van der Waals surface area contributed by atoms with Gasteiger partial charge >= 0.3 is 0 Å². The van der Waals surface area contributed by atoms with Crippen molar-refractivity contribution in [3.63, 3.8) is 0 Å². The van der Waals surface area contributed by atoms with Crippen molar-refractivity contribution < 1.29 is 0 Å². The molecule has 0 saturated heterocycles. The molecule has 8 rings (SSSR count). The lowest BCUT2D eigenvalue weighted by atomic mass is 9.96. The van der Waals surface area contributed by atoms with Crippen LogP contribution in [0.5, 0.6) is 0 Å². The first kappa shape index (κ1) is 53.4. The molecule has 4 aliphatic carbocycles. The molecule has 372 valence electrons. The molecule has 4 fully saturated rings. The van der Waals surface area contributed by atoms with Crippen molar-refractivity contribution in [3.8, 4) is 0 Å². The lowest BCUT2D eigenvalue weighted by Crippen LogP contribution is -2.38. The highest BCUT2D eigenvalue weighted by atomic mass is 31.1. The maximum Gasteiger partial charge on any atom is 0.129 e. The van der Waals surface area contributed by atoms with Gasteiger partial charge in [0.25, 0.3) is 0 Å². The Kier molecular flexibility index (Phi) is 24.9. The lowest BCUT2D eigenvalue weighted by molar-refractivity contribution is 0.414. The molecule has 0 aliphatic heterocycles. The van der Waals surface area contributed by atoms with E-state index in [9.17, 15) is 0 Å². The van der Waals surface area contributed by atoms with Crippen LogP contribution in [0.25, 0.3) is 0 Å². The fourth-order valence-corrected chi connectivity index (χ4v) is 15.1. The summed E-state index contributed by atoms with van der Waals surface area (Å²) in [5.41, 5.74) is 2.65. The van der Waals surface area contributed by atoms with Gasteiger partial charge < -0.3 is 5.32 Å². The van der Waals surface area contributed by atoms with Crippen LogP contribution in [0.15, 0.2) is 151 Å². The Labute approximate surface area is 425 Å². The van der Waals surface area contributed by atoms with Crippen LogP contribution in [0.2, 0.25) is 0 Å². The van der Waals surface area contributed by atoms with Gasteiger partial charge in [-0.3, -0.25) is 9.98 Å². The summed E-state index contributed by atoms with van der Waals surface area (Å²) in [5.74, 6) is 0. The Balaban J connectivity index is 0.000000274. The Morgan fingerprint density at radius 3 is 1.24 bits per heavy atom. The molecule has 4 aliphatic rings. The molecule has 0 spiro atoms. The predicted molar refractivity (Wildman–Crippen MR) is 306 cm³/mol. The summed E-state index contributed by atoms with van der Waals surface area (Å²) >= 11 is 0. The average molecular weight is 976 g/mol. The van der Waals surface area contributed by atoms with Crippen LogP contribution in [0.1, 0.15) is 167 Å². The molecule has 4 saturated carbocycles. The first-order chi connectivity index (χ1) is 34.8. The van der Waals surface area contributed by atoms with Crippen molar-refractivity contribution in [2.45, 2.75) is 191 Å². The average Bonchev–Trinajstić information content (AvgIpc) is 3.43.